The van der Waals surface area contributed by atoms with E-state index < -0.39 is 9.84 Å². The largest absolute Gasteiger partial charge is 0.357 e. The topological polar surface area (TPSA) is 77.0 Å². The lowest BCUT2D eigenvalue weighted by Gasteiger charge is -2.33. The van der Waals surface area contributed by atoms with E-state index in [1.165, 1.54) is 6.26 Å². The lowest BCUT2D eigenvalue weighted by molar-refractivity contribution is 0.140. The van der Waals surface area contributed by atoms with E-state index in [-0.39, 0.29) is 35.8 Å². The van der Waals surface area contributed by atoms with Gasteiger partial charge in [-0.15, -0.1) is 24.0 Å². The molecule has 7 nitrogen and oxygen atoms in total. The van der Waals surface area contributed by atoms with Crippen molar-refractivity contribution in [3.8, 4) is 0 Å². The summed E-state index contributed by atoms with van der Waals surface area (Å²) in [4.78, 5) is 9.54. The zero-order valence-corrected chi connectivity index (χ0v) is 19.3. The van der Waals surface area contributed by atoms with E-state index in [4.69, 9.17) is 0 Å². The highest BCUT2D eigenvalue weighted by Crippen LogP contribution is 2.00. The molecule has 0 spiro atoms. The first kappa shape index (κ1) is 24.9. The Morgan fingerprint density at radius 2 is 1.76 bits per heavy atom. The third-order valence-corrected chi connectivity index (χ3v) is 5.22. The molecule has 2 N–H and O–H groups in total. The zero-order chi connectivity index (χ0) is 18.0. The Morgan fingerprint density at radius 3 is 2.28 bits per heavy atom. The number of guanidine groups is 1. The number of nitrogens with one attached hydrogen (secondary N) is 2. The quantitative estimate of drug-likeness (QED) is 0.281. The molecule has 0 aromatic heterocycles. The van der Waals surface area contributed by atoms with Gasteiger partial charge in [0.05, 0.1) is 12.3 Å². The molecule has 1 rings (SSSR count). The van der Waals surface area contributed by atoms with Gasteiger partial charge >= 0.3 is 0 Å². The van der Waals surface area contributed by atoms with E-state index in [9.17, 15) is 8.42 Å². The fourth-order valence-corrected chi connectivity index (χ4v) is 3.43. The Kier molecular flexibility index (Phi) is 13.0. The molecule has 0 aromatic carbocycles. The fraction of sp³-hybridized carbons (Fsp3) is 0.938. The molecule has 0 amide bonds. The predicted molar refractivity (Wildman–Crippen MR) is 117 cm³/mol. The molecule has 9 heteroatoms. The van der Waals surface area contributed by atoms with Gasteiger partial charge in [0, 0.05) is 51.6 Å². The zero-order valence-electron chi connectivity index (χ0n) is 16.1. The van der Waals surface area contributed by atoms with Crippen LogP contribution in [0.2, 0.25) is 0 Å². The Hall–Kier alpha value is -0.130. The molecule has 0 saturated carbocycles. The van der Waals surface area contributed by atoms with Crippen molar-refractivity contribution in [3.05, 3.63) is 0 Å². The number of halogens is 1. The Morgan fingerprint density at radius 1 is 1.16 bits per heavy atom. The smallest absolute Gasteiger partial charge is 0.191 e. The highest BCUT2D eigenvalue weighted by atomic mass is 127. The summed E-state index contributed by atoms with van der Waals surface area (Å²) in [5.74, 6) is 0.966. The number of aliphatic imine (C=N–C) groups is 1. The normalized spacial score (nSPS) is 18.5. The maximum atomic E-state index is 11.3. The van der Waals surface area contributed by atoms with Crippen molar-refractivity contribution in [2.45, 2.75) is 33.2 Å². The molecule has 1 atom stereocenters. The first-order valence-electron chi connectivity index (χ1n) is 9.01. The molecule has 0 aromatic rings. The number of likely N-dealkylation sites (N-methyl/N-ethyl adjacent to an activating group) is 1. The van der Waals surface area contributed by atoms with Crippen molar-refractivity contribution >= 4 is 39.8 Å². The van der Waals surface area contributed by atoms with Gasteiger partial charge in [-0.3, -0.25) is 9.89 Å². The Labute approximate surface area is 170 Å². The van der Waals surface area contributed by atoms with Crippen molar-refractivity contribution in [2.75, 3.05) is 64.4 Å². The van der Waals surface area contributed by atoms with Gasteiger partial charge in [0.25, 0.3) is 0 Å². The minimum absolute atomic E-state index is 0. The van der Waals surface area contributed by atoms with Crippen molar-refractivity contribution in [2.24, 2.45) is 4.99 Å². The van der Waals surface area contributed by atoms with Crippen LogP contribution in [0.5, 0.6) is 0 Å². The molecule has 1 aliphatic rings. The van der Waals surface area contributed by atoms with Gasteiger partial charge in [-0.1, -0.05) is 6.92 Å². The highest BCUT2D eigenvalue weighted by molar-refractivity contribution is 14.0. The van der Waals surface area contributed by atoms with Crippen LogP contribution < -0.4 is 10.6 Å². The average molecular weight is 489 g/mol. The van der Waals surface area contributed by atoms with E-state index in [1.807, 2.05) is 13.8 Å². The van der Waals surface area contributed by atoms with Crippen molar-refractivity contribution in [3.63, 3.8) is 0 Å². The van der Waals surface area contributed by atoms with Crippen LogP contribution in [0.3, 0.4) is 0 Å². The Balaban J connectivity index is 0.00000576. The van der Waals surface area contributed by atoms with Crippen LogP contribution in [0.4, 0.5) is 0 Å². The van der Waals surface area contributed by atoms with Crippen molar-refractivity contribution in [1.82, 2.24) is 20.4 Å². The van der Waals surface area contributed by atoms with Crippen molar-refractivity contribution in [1.29, 1.82) is 0 Å². The lowest BCUT2D eigenvalue weighted by atomic mass is 10.3. The van der Waals surface area contributed by atoms with Crippen LogP contribution >= 0.6 is 24.0 Å². The van der Waals surface area contributed by atoms with Crippen LogP contribution in [0.15, 0.2) is 4.99 Å². The summed E-state index contributed by atoms with van der Waals surface area (Å²) >= 11 is 0. The molecule has 1 unspecified atom stereocenters. The summed E-state index contributed by atoms with van der Waals surface area (Å²) in [6, 6.07) is 0.0747. The summed E-state index contributed by atoms with van der Waals surface area (Å²) < 4.78 is 22.5. The molecular weight excluding hydrogens is 453 g/mol. The standard InChI is InChI=1S/C16H35N5O2S.HI/c1-5-17-16(19-15(3)7-14-24(4,22)23)18-8-9-21-12-10-20(6-2)11-13-21;/h15H,5-14H2,1-4H3,(H2,17,18,19);1H. The molecule has 25 heavy (non-hydrogen) atoms. The molecule has 1 saturated heterocycles. The maximum absolute atomic E-state index is 11.3. The SMILES string of the molecule is CCNC(=NCCN1CCN(CC)CC1)NC(C)CCS(C)(=O)=O.I. The number of nitrogens with zero attached hydrogens (tertiary/aromatic N) is 3. The third kappa shape index (κ3) is 12.0. The van der Waals surface area contributed by atoms with Crippen LogP contribution in [0.1, 0.15) is 27.2 Å². The lowest BCUT2D eigenvalue weighted by Crippen LogP contribution is -2.47. The minimum Gasteiger partial charge on any atom is -0.357 e. The first-order valence-corrected chi connectivity index (χ1v) is 11.1. The molecule has 0 aliphatic carbocycles. The summed E-state index contributed by atoms with van der Waals surface area (Å²) in [5.41, 5.74) is 0. The Bertz CT molecular complexity index is 479. The second-order valence-electron chi connectivity index (χ2n) is 6.50. The number of piperazine rings is 1. The van der Waals surface area contributed by atoms with Crippen LogP contribution in [0, 0.1) is 0 Å². The van der Waals surface area contributed by atoms with E-state index in [0.29, 0.717) is 6.42 Å². The van der Waals surface area contributed by atoms with Gasteiger partial charge in [0.1, 0.15) is 9.84 Å². The van der Waals surface area contributed by atoms with Crippen molar-refractivity contribution < 1.29 is 8.42 Å². The number of sulfone groups is 1. The third-order valence-electron chi connectivity index (χ3n) is 4.25. The molecule has 1 heterocycles. The van der Waals surface area contributed by atoms with E-state index >= 15 is 0 Å². The molecular formula is C16H36IN5O2S. The van der Waals surface area contributed by atoms with Gasteiger partial charge in [-0.25, -0.2) is 8.42 Å². The summed E-state index contributed by atoms with van der Waals surface area (Å²) in [7, 11) is -2.92. The average Bonchev–Trinajstić information content (AvgIpc) is 2.53. The second kappa shape index (κ2) is 13.1. The molecule has 1 aliphatic heterocycles. The summed E-state index contributed by atoms with van der Waals surface area (Å²) in [5, 5.41) is 6.52. The van der Waals surface area contributed by atoms with Gasteiger partial charge in [0.15, 0.2) is 5.96 Å². The highest BCUT2D eigenvalue weighted by Gasteiger charge is 2.15. The van der Waals surface area contributed by atoms with Gasteiger partial charge in [-0.05, 0) is 26.8 Å². The summed E-state index contributed by atoms with van der Waals surface area (Å²) in [6.45, 7) is 14.4. The monoisotopic (exact) mass is 489 g/mol. The number of hydrogen-bond donors (Lipinski definition) is 2. The number of hydrogen-bond acceptors (Lipinski definition) is 5. The fourth-order valence-electron chi connectivity index (χ4n) is 2.65. The molecule has 0 bridgehead atoms. The predicted octanol–water partition coefficient (Wildman–Crippen LogP) is 0.620. The number of rotatable bonds is 9. The van der Waals surface area contributed by atoms with E-state index in [0.717, 1.165) is 58.3 Å². The van der Waals surface area contributed by atoms with Crippen LogP contribution in [-0.4, -0.2) is 94.6 Å². The second-order valence-corrected chi connectivity index (χ2v) is 8.76. The van der Waals surface area contributed by atoms with Gasteiger partial charge in [-0.2, -0.15) is 0 Å². The van der Waals surface area contributed by atoms with Crippen LogP contribution in [-0.2, 0) is 9.84 Å². The molecule has 0 radical (unpaired) electrons. The maximum Gasteiger partial charge on any atom is 0.191 e. The van der Waals surface area contributed by atoms with Gasteiger partial charge in [0.2, 0.25) is 0 Å². The van der Waals surface area contributed by atoms with Crippen LogP contribution in [0.25, 0.3) is 0 Å². The summed E-state index contributed by atoms with van der Waals surface area (Å²) in [6.07, 6.45) is 1.86. The van der Waals surface area contributed by atoms with E-state index in [2.05, 4.69) is 32.3 Å². The van der Waals surface area contributed by atoms with Gasteiger partial charge < -0.3 is 15.5 Å². The minimum atomic E-state index is -2.92. The molecule has 1 fully saturated rings. The van der Waals surface area contributed by atoms with E-state index in [1.54, 1.807) is 0 Å². The first-order chi connectivity index (χ1) is 11.3. The molecule has 150 valence electrons.